The summed E-state index contributed by atoms with van der Waals surface area (Å²) in [5, 5.41) is 8.77. The number of hydrogen-bond acceptors (Lipinski definition) is 1. The highest BCUT2D eigenvalue weighted by Gasteiger charge is 2.22. The molecule has 0 atom stereocenters. The molecule has 1 nitrogen and oxygen atoms in total. The van der Waals surface area contributed by atoms with Gasteiger partial charge < -0.3 is 0 Å². The molecule has 0 aromatic rings. The molecule has 2 rings (SSSR count). The van der Waals surface area contributed by atoms with Crippen LogP contribution in [0.25, 0.3) is 0 Å². The summed E-state index contributed by atoms with van der Waals surface area (Å²) in [6.45, 7) is 2.36. The van der Waals surface area contributed by atoms with E-state index in [1.807, 2.05) is 6.08 Å². The molecule has 0 amide bonds. The molecular formula is C14H19N. The molecule has 2 aliphatic carbocycles. The Bertz CT molecular complexity index is 322. The van der Waals surface area contributed by atoms with E-state index in [-0.39, 0.29) is 0 Å². The lowest BCUT2D eigenvalue weighted by Crippen LogP contribution is -2.15. The minimum absolute atomic E-state index is 0.817. The van der Waals surface area contributed by atoms with Crippen LogP contribution in [-0.2, 0) is 0 Å². The van der Waals surface area contributed by atoms with Gasteiger partial charge in [0.2, 0.25) is 0 Å². The normalized spacial score (nSPS) is 31.5. The molecule has 0 bridgehead atoms. The van der Waals surface area contributed by atoms with Crippen LogP contribution in [0, 0.1) is 23.2 Å². The SMILES string of the molecule is CC1CCC(C2=CC=C(C#N)CC2)CC1. The zero-order valence-corrected chi connectivity index (χ0v) is 9.50. The van der Waals surface area contributed by atoms with Crippen molar-refractivity contribution in [3.05, 3.63) is 23.3 Å². The number of rotatable bonds is 1. The van der Waals surface area contributed by atoms with Crippen molar-refractivity contribution < 1.29 is 0 Å². The Labute approximate surface area is 92.5 Å². The van der Waals surface area contributed by atoms with Gasteiger partial charge in [-0.2, -0.15) is 5.26 Å². The van der Waals surface area contributed by atoms with E-state index in [9.17, 15) is 0 Å². The summed E-state index contributed by atoms with van der Waals surface area (Å²) in [7, 11) is 0. The average molecular weight is 201 g/mol. The first-order valence-electron chi connectivity index (χ1n) is 6.09. The molecule has 2 aliphatic rings. The molecule has 0 unspecified atom stereocenters. The van der Waals surface area contributed by atoms with Crippen LogP contribution in [0.3, 0.4) is 0 Å². The molecule has 0 saturated heterocycles. The maximum atomic E-state index is 8.77. The van der Waals surface area contributed by atoms with E-state index in [0.29, 0.717) is 0 Å². The number of nitrogens with zero attached hydrogens (tertiary/aromatic N) is 1. The highest BCUT2D eigenvalue weighted by Crippen LogP contribution is 2.36. The number of nitriles is 1. The van der Waals surface area contributed by atoms with Crippen LogP contribution in [0.2, 0.25) is 0 Å². The minimum Gasteiger partial charge on any atom is -0.193 e. The monoisotopic (exact) mass is 201 g/mol. The Hall–Kier alpha value is -1.03. The Morgan fingerprint density at radius 1 is 1.13 bits per heavy atom. The van der Waals surface area contributed by atoms with Gasteiger partial charge in [-0.15, -0.1) is 0 Å². The minimum atomic E-state index is 0.817. The van der Waals surface area contributed by atoms with Gasteiger partial charge in [-0.05, 0) is 43.6 Å². The van der Waals surface area contributed by atoms with E-state index in [1.54, 1.807) is 5.57 Å². The molecule has 1 saturated carbocycles. The standard InChI is InChI=1S/C14H19N/c1-11-2-6-13(7-3-11)14-8-4-12(10-15)5-9-14/h4,8,11,13H,2-3,5-7,9H2,1H3. The van der Waals surface area contributed by atoms with Crippen molar-refractivity contribution in [1.82, 2.24) is 0 Å². The lowest BCUT2D eigenvalue weighted by Gasteiger charge is -2.29. The Morgan fingerprint density at radius 2 is 1.87 bits per heavy atom. The maximum absolute atomic E-state index is 8.77. The van der Waals surface area contributed by atoms with Crippen LogP contribution in [0.15, 0.2) is 23.3 Å². The Kier molecular flexibility index (Phi) is 3.26. The second-order valence-electron chi connectivity index (χ2n) is 5.00. The number of hydrogen-bond donors (Lipinski definition) is 0. The van der Waals surface area contributed by atoms with Gasteiger partial charge in [-0.25, -0.2) is 0 Å². The van der Waals surface area contributed by atoms with Gasteiger partial charge in [0.25, 0.3) is 0 Å². The van der Waals surface area contributed by atoms with Crippen LogP contribution < -0.4 is 0 Å². The van der Waals surface area contributed by atoms with Crippen molar-refractivity contribution in [2.45, 2.75) is 45.4 Å². The molecule has 15 heavy (non-hydrogen) atoms. The fraction of sp³-hybridized carbons (Fsp3) is 0.643. The molecule has 0 heterocycles. The average Bonchev–Trinajstić information content (AvgIpc) is 2.30. The van der Waals surface area contributed by atoms with Crippen molar-refractivity contribution in [2.24, 2.45) is 11.8 Å². The molecule has 0 aromatic carbocycles. The van der Waals surface area contributed by atoms with Gasteiger partial charge in [0.05, 0.1) is 6.07 Å². The van der Waals surface area contributed by atoms with Crippen molar-refractivity contribution in [3.63, 3.8) is 0 Å². The largest absolute Gasteiger partial charge is 0.193 e. The zero-order chi connectivity index (χ0) is 10.7. The van der Waals surface area contributed by atoms with E-state index in [2.05, 4.69) is 19.1 Å². The van der Waals surface area contributed by atoms with E-state index in [1.165, 1.54) is 25.7 Å². The summed E-state index contributed by atoms with van der Waals surface area (Å²) in [5.41, 5.74) is 2.55. The zero-order valence-electron chi connectivity index (χ0n) is 9.50. The van der Waals surface area contributed by atoms with Crippen LogP contribution >= 0.6 is 0 Å². The first-order chi connectivity index (χ1) is 7.29. The lowest BCUT2D eigenvalue weighted by molar-refractivity contribution is 0.315. The third-order valence-electron chi connectivity index (χ3n) is 3.87. The summed E-state index contributed by atoms with van der Waals surface area (Å²) in [5.74, 6) is 1.74. The third kappa shape index (κ3) is 2.50. The molecule has 0 aliphatic heterocycles. The third-order valence-corrected chi connectivity index (χ3v) is 3.87. The molecule has 1 heteroatoms. The lowest BCUT2D eigenvalue weighted by atomic mass is 9.76. The summed E-state index contributed by atoms with van der Waals surface area (Å²) in [6.07, 6.45) is 11.8. The Balaban J connectivity index is 1.98. The van der Waals surface area contributed by atoms with Gasteiger partial charge >= 0.3 is 0 Å². The quantitative estimate of drug-likeness (QED) is 0.629. The van der Waals surface area contributed by atoms with Crippen LogP contribution in [0.5, 0.6) is 0 Å². The van der Waals surface area contributed by atoms with Crippen molar-refractivity contribution >= 4 is 0 Å². The fourth-order valence-corrected chi connectivity index (χ4v) is 2.72. The van der Waals surface area contributed by atoms with Crippen LogP contribution in [-0.4, -0.2) is 0 Å². The summed E-state index contributed by atoms with van der Waals surface area (Å²) in [4.78, 5) is 0. The predicted octanol–water partition coefficient (Wildman–Crippen LogP) is 3.98. The Morgan fingerprint density at radius 3 is 2.40 bits per heavy atom. The van der Waals surface area contributed by atoms with Crippen LogP contribution in [0.4, 0.5) is 0 Å². The predicted molar refractivity (Wildman–Crippen MR) is 62.1 cm³/mol. The molecule has 0 spiro atoms. The van der Waals surface area contributed by atoms with Gasteiger partial charge in [-0.3, -0.25) is 0 Å². The van der Waals surface area contributed by atoms with E-state index < -0.39 is 0 Å². The summed E-state index contributed by atoms with van der Waals surface area (Å²) >= 11 is 0. The topological polar surface area (TPSA) is 23.8 Å². The molecular weight excluding hydrogens is 182 g/mol. The molecule has 80 valence electrons. The highest BCUT2D eigenvalue weighted by atomic mass is 14.3. The molecule has 1 fully saturated rings. The van der Waals surface area contributed by atoms with E-state index in [4.69, 9.17) is 5.26 Å². The van der Waals surface area contributed by atoms with E-state index >= 15 is 0 Å². The highest BCUT2D eigenvalue weighted by molar-refractivity contribution is 5.33. The summed E-state index contributed by atoms with van der Waals surface area (Å²) < 4.78 is 0. The van der Waals surface area contributed by atoms with Crippen LogP contribution in [0.1, 0.15) is 45.4 Å². The summed E-state index contributed by atoms with van der Waals surface area (Å²) in [6, 6.07) is 2.25. The van der Waals surface area contributed by atoms with Gasteiger partial charge in [0.15, 0.2) is 0 Å². The first kappa shape index (κ1) is 10.5. The van der Waals surface area contributed by atoms with Gasteiger partial charge in [0, 0.05) is 5.57 Å². The van der Waals surface area contributed by atoms with Crippen molar-refractivity contribution in [3.8, 4) is 6.07 Å². The molecule has 0 radical (unpaired) electrons. The van der Waals surface area contributed by atoms with E-state index in [0.717, 1.165) is 30.3 Å². The second-order valence-corrected chi connectivity index (χ2v) is 5.00. The molecule has 0 N–H and O–H groups in total. The maximum Gasteiger partial charge on any atom is 0.0947 e. The van der Waals surface area contributed by atoms with Gasteiger partial charge in [0.1, 0.15) is 0 Å². The van der Waals surface area contributed by atoms with Crippen molar-refractivity contribution in [2.75, 3.05) is 0 Å². The number of allylic oxidation sites excluding steroid dienone is 4. The van der Waals surface area contributed by atoms with Gasteiger partial charge in [-0.1, -0.05) is 31.4 Å². The first-order valence-corrected chi connectivity index (χ1v) is 6.09. The fourth-order valence-electron chi connectivity index (χ4n) is 2.72. The molecule has 0 aromatic heterocycles. The smallest absolute Gasteiger partial charge is 0.0947 e. The second kappa shape index (κ2) is 4.66. The van der Waals surface area contributed by atoms with Crippen molar-refractivity contribution in [1.29, 1.82) is 5.26 Å².